The second-order valence-corrected chi connectivity index (χ2v) is 6.80. The van der Waals surface area contributed by atoms with Crippen molar-refractivity contribution in [3.05, 3.63) is 0 Å². The normalized spacial score (nSPS) is 14.9. The van der Waals surface area contributed by atoms with Gasteiger partial charge in [0.25, 0.3) is 0 Å². The maximum Gasteiger partial charge on any atom is 0.377 e. The molecule has 0 aromatic rings. The molecule has 2 atom stereocenters. The lowest BCUT2D eigenvalue weighted by molar-refractivity contribution is -0.177. The molecule has 120 valence electrons. The maximum absolute atomic E-state index is 13.9. The summed E-state index contributed by atoms with van der Waals surface area (Å²) in [5.74, 6) is -5.72. The number of carbonyl (C=O) groups excluding carboxylic acids is 1. The fourth-order valence-corrected chi connectivity index (χ4v) is 3.75. The van der Waals surface area contributed by atoms with E-state index in [1.54, 1.807) is 6.92 Å². The number of unbranched alkanes of at least 4 members (excludes halogenated alkanes) is 5. The van der Waals surface area contributed by atoms with Gasteiger partial charge in [0.05, 0.1) is 7.11 Å². The quantitative estimate of drug-likeness (QED) is 0.200. The van der Waals surface area contributed by atoms with Crippen LogP contribution in [0.3, 0.4) is 0 Å². The van der Waals surface area contributed by atoms with Crippen LogP contribution < -0.4 is 0 Å². The molecule has 0 bridgehead atoms. The molecule has 0 aromatic heterocycles. The van der Waals surface area contributed by atoms with Crippen LogP contribution in [0.1, 0.15) is 65.2 Å². The Morgan fingerprint density at radius 1 is 1.15 bits per heavy atom. The van der Waals surface area contributed by atoms with Gasteiger partial charge in [-0.25, -0.2) is 4.79 Å². The zero-order valence-electron chi connectivity index (χ0n) is 12.8. The Bertz CT molecular complexity index is 273. The fraction of sp³-hybridized carbons (Fsp3) is 0.933. The molecule has 20 heavy (non-hydrogen) atoms. The Kier molecular flexibility index (Phi) is 10.8. The number of hydrogen-bond acceptors (Lipinski definition) is 2. The van der Waals surface area contributed by atoms with Crippen molar-refractivity contribution in [2.75, 3.05) is 7.11 Å². The van der Waals surface area contributed by atoms with Crippen LogP contribution in [0, 0.1) is 5.92 Å². The van der Waals surface area contributed by atoms with Gasteiger partial charge in [-0.15, -0.1) is 0 Å². The van der Waals surface area contributed by atoms with E-state index in [-0.39, 0.29) is 10.3 Å². The minimum absolute atomic E-state index is 0.196. The molecule has 0 fully saturated rings. The average molecular weight is 404 g/mol. The van der Waals surface area contributed by atoms with Crippen LogP contribution in [0.4, 0.5) is 8.78 Å². The molecule has 0 radical (unpaired) electrons. The first kappa shape index (κ1) is 20.1. The van der Waals surface area contributed by atoms with Gasteiger partial charge in [0.15, 0.2) is 0 Å². The van der Waals surface area contributed by atoms with Gasteiger partial charge >= 0.3 is 11.9 Å². The van der Waals surface area contributed by atoms with Crippen molar-refractivity contribution in [3.63, 3.8) is 0 Å². The third-order valence-corrected chi connectivity index (χ3v) is 5.12. The first-order valence-electron chi connectivity index (χ1n) is 7.52. The summed E-state index contributed by atoms with van der Waals surface area (Å²) < 4.78 is 31.9. The number of rotatable bonds is 11. The summed E-state index contributed by atoms with van der Waals surface area (Å²) >= 11 is 2.06. The lowest BCUT2D eigenvalue weighted by atomic mass is 9.91. The summed E-state index contributed by atoms with van der Waals surface area (Å²) in [6, 6.07) is 0. The number of ether oxygens (including phenoxy) is 1. The van der Waals surface area contributed by atoms with Crippen LogP contribution in [0.15, 0.2) is 0 Å². The van der Waals surface area contributed by atoms with Crippen molar-refractivity contribution < 1.29 is 18.3 Å². The molecule has 0 rings (SSSR count). The van der Waals surface area contributed by atoms with E-state index in [4.69, 9.17) is 0 Å². The molecule has 0 saturated carbocycles. The van der Waals surface area contributed by atoms with Gasteiger partial charge in [-0.05, 0) is 12.8 Å². The second-order valence-electron chi connectivity index (χ2n) is 5.20. The summed E-state index contributed by atoms with van der Waals surface area (Å²) in [4.78, 5) is 11.2. The van der Waals surface area contributed by atoms with Crippen molar-refractivity contribution in [1.29, 1.82) is 0 Å². The van der Waals surface area contributed by atoms with Crippen molar-refractivity contribution >= 4 is 28.6 Å². The highest BCUT2D eigenvalue weighted by atomic mass is 127. The third kappa shape index (κ3) is 6.68. The standard InChI is InChI=1S/C15H27F2IO2/c1-4-6-7-8-9-10-11-13(18)12(5-2)15(16,17)14(19)20-3/h12-13H,4-11H2,1-3H3. The fourth-order valence-electron chi connectivity index (χ4n) is 2.35. The van der Waals surface area contributed by atoms with E-state index in [2.05, 4.69) is 34.3 Å². The van der Waals surface area contributed by atoms with Gasteiger partial charge in [-0.1, -0.05) is 75.0 Å². The predicted molar refractivity (Wildman–Crippen MR) is 86.5 cm³/mol. The van der Waals surface area contributed by atoms with Gasteiger partial charge in [0, 0.05) is 9.84 Å². The highest BCUT2D eigenvalue weighted by molar-refractivity contribution is 14.1. The molecule has 0 saturated heterocycles. The van der Waals surface area contributed by atoms with Gasteiger partial charge in [-0.3, -0.25) is 0 Å². The first-order chi connectivity index (χ1) is 9.41. The molecule has 0 heterocycles. The Morgan fingerprint density at radius 2 is 1.70 bits per heavy atom. The Morgan fingerprint density at radius 3 is 2.20 bits per heavy atom. The van der Waals surface area contributed by atoms with Crippen LogP contribution in [0.2, 0.25) is 0 Å². The van der Waals surface area contributed by atoms with Crippen molar-refractivity contribution in [3.8, 4) is 0 Å². The summed E-state index contributed by atoms with van der Waals surface area (Å²) in [5, 5.41) is 0. The van der Waals surface area contributed by atoms with E-state index in [1.165, 1.54) is 25.7 Å². The van der Waals surface area contributed by atoms with Crippen LogP contribution in [0.5, 0.6) is 0 Å². The third-order valence-electron chi connectivity index (χ3n) is 3.63. The van der Waals surface area contributed by atoms with Gasteiger partial charge in [0.1, 0.15) is 0 Å². The smallest absolute Gasteiger partial charge is 0.377 e. The van der Waals surface area contributed by atoms with Crippen LogP contribution in [-0.4, -0.2) is 22.9 Å². The van der Waals surface area contributed by atoms with Crippen LogP contribution >= 0.6 is 22.6 Å². The molecule has 0 aliphatic rings. The van der Waals surface area contributed by atoms with Crippen molar-refractivity contribution in [2.24, 2.45) is 5.92 Å². The molecule has 2 nitrogen and oxygen atoms in total. The number of methoxy groups -OCH3 is 1. The minimum atomic E-state index is -3.38. The van der Waals surface area contributed by atoms with Crippen LogP contribution in [0.25, 0.3) is 0 Å². The molecular weight excluding hydrogens is 377 g/mol. The minimum Gasteiger partial charge on any atom is -0.465 e. The van der Waals surface area contributed by atoms with Crippen LogP contribution in [-0.2, 0) is 9.53 Å². The highest BCUT2D eigenvalue weighted by Gasteiger charge is 2.49. The molecule has 0 aliphatic heterocycles. The largest absolute Gasteiger partial charge is 0.465 e. The predicted octanol–water partition coefficient (Wildman–Crippen LogP) is 5.38. The van der Waals surface area contributed by atoms with E-state index in [0.29, 0.717) is 0 Å². The molecule has 5 heteroatoms. The molecule has 0 aromatic carbocycles. The van der Waals surface area contributed by atoms with E-state index in [9.17, 15) is 13.6 Å². The molecule has 0 amide bonds. The zero-order valence-corrected chi connectivity index (χ0v) is 14.9. The molecule has 2 unspecified atom stereocenters. The second kappa shape index (κ2) is 10.7. The lowest BCUT2D eigenvalue weighted by Crippen LogP contribution is -2.42. The number of halogens is 3. The Hall–Kier alpha value is 0.0600. The Labute approximate surface area is 135 Å². The van der Waals surface area contributed by atoms with Crippen molar-refractivity contribution in [1.82, 2.24) is 0 Å². The van der Waals surface area contributed by atoms with E-state index in [0.717, 1.165) is 26.4 Å². The number of hydrogen-bond donors (Lipinski definition) is 0. The molecule has 0 spiro atoms. The summed E-state index contributed by atoms with van der Waals surface area (Å²) in [5.41, 5.74) is 0. The maximum atomic E-state index is 13.9. The highest BCUT2D eigenvalue weighted by Crippen LogP contribution is 2.37. The number of esters is 1. The number of alkyl halides is 3. The van der Waals surface area contributed by atoms with Gasteiger partial charge in [-0.2, -0.15) is 8.78 Å². The van der Waals surface area contributed by atoms with Crippen molar-refractivity contribution in [2.45, 2.75) is 75.1 Å². The number of carbonyl (C=O) groups is 1. The molecule has 0 aliphatic carbocycles. The van der Waals surface area contributed by atoms with Gasteiger partial charge < -0.3 is 4.74 Å². The monoisotopic (exact) mass is 404 g/mol. The average Bonchev–Trinajstić information content (AvgIpc) is 2.42. The van der Waals surface area contributed by atoms with E-state index in [1.807, 2.05) is 0 Å². The SMILES string of the molecule is CCCCCCCCC(I)C(CC)C(F)(F)C(=O)OC. The molecule has 0 N–H and O–H groups in total. The summed E-state index contributed by atoms with van der Waals surface area (Å²) in [6.07, 6.45) is 7.89. The first-order valence-corrected chi connectivity index (χ1v) is 8.76. The van der Waals surface area contributed by atoms with E-state index < -0.39 is 17.8 Å². The summed E-state index contributed by atoms with van der Waals surface area (Å²) in [6.45, 7) is 3.87. The topological polar surface area (TPSA) is 26.3 Å². The zero-order chi connectivity index (χ0) is 15.6. The lowest BCUT2D eigenvalue weighted by Gasteiger charge is -2.27. The Balaban J connectivity index is 4.21. The summed E-state index contributed by atoms with van der Waals surface area (Å²) in [7, 11) is 1.01. The van der Waals surface area contributed by atoms with E-state index >= 15 is 0 Å². The molecular formula is C15H27F2IO2. The van der Waals surface area contributed by atoms with Gasteiger partial charge in [0.2, 0.25) is 0 Å².